The van der Waals surface area contributed by atoms with Crippen LogP contribution in [0.3, 0.4) is 0 Å². The SMILES string of the molecule is C1CO[C@H](CN2CCCNCC2)C1. The molecule has 0 spiro atoms. The van der Waals surface area contributed by atoms with E-state index in [2.05, 4.69) is 10.2 Å². The average Bonchev–Trinajstić information content (AvgIpc) is 2.49. The summed E-state index contributed by atoms with van der Waals surface area (Å²) in [6.45, 7) is 6.90. The molecule has 0 aliphatic carbocycles. The molecule has 2 rings (SSSR count). The summed E-state index contributed by atoms with van der Waals surface area (Å²) < 4.78 is 5.63. The van der Waals surface area contributed by atoms with Gasteiger partial charge in [0, 0.05) is 26.2 Å². The van der Waals surface area contributed by atoms with Crippen molar-refractivity contribution in [1.29, 1.82) is 0 Å². The lowest BCUT2D eigenvalue weighted by Crippen LogP contribution is -2.34. The quantitative estimate of drug-likeness (QED) is 0.675. The first-order valence-electron chi connectivity index (χ1n) is 5.50. The van der Waals surface area contributed by atoms with Gasteiger partial charge < -0.3 is 10.1 Å². The monoisotopic (exact) mass is 184 g/mol. The first-order chi connectivity index (χ1) is 6.45. The highest BCUT2D eigenvalue weighted by atomic mass is 16.5. The Morgan fingerprint density at radius 2 is 2.23 bits per heavy atom. The van der Waals surface area contributed by atoms with Crippen molar-refractivity contribution in [3.05, 3.63) is 0 Å². The van der Waals surface area contributed by atoms with E-state index in [-0.39, 0.29) is 0 Å². The van der Waals surface area contributed by atoms with Crippen LogP contribution < -0.4 is 5.32 Å². The molecule has 0 aromatic carbocycles. The molecule has 76 valence electrons. The van der Waals surface area contributed by atoms with E-state index in [0.29, 0.717) is 6.10 Å². The van der Waals surface area contributed by atoms with Crippen molar-refractivity contribution in [3.63, 3.8) is 0 Å². The summed E-state index contributed by atoms with van der Waals surface area (Å²) in [5.41, 5.74) is 0. The third-order valence-corrected chi connectivity index (χ3v) is 2.92. The van der Waals surface area contributed by atoms with Gasteiger partial charge >= 0.3 is 0 Å². The molecule has 3 heteroatoms. The number of hydrogen-bond acceptors (Lipinski definition) is 3. The molecule has 0 amide bonds. The van der Waals surface area contributed by atoms with E-state index < -0.39 is 0 Å². The van der Waals surface area contributed by atoms with Gasteiger partial charge in [-0.05, 0) is 32.4 Å². The fraction of sp³-hybridized carbons (Fsp3) is 1.00. The van der Waals surface area contributed by atoms with Crippen LogP contribution >= 0.6 is 0 Å². The van der Waals surface area contributed by atoms with Gasteiger partial charge in [-0.1, -0.05) is 0 Å². The molecule has 2 saturated heterocycles. The Kier molecular flexibility index (Phi) is 3.58. The van der Waals surface area contributed by atoms with Crippen molar-refractivity contribution in [1.82, 2.24) is 10.2 Å². The number of hydrogen-bond donors (Lipinski definition) is 1. The average molecular weight is 184 g/mol. The maximum absolute atomic E-state index is 5.63. The molecule has 0 saturated carbocycles. The summed E-state index contributed by atoms with van der Waals surface area (Å²) in [7, 11) is 0. The van der Waals surface area contributed by atoms with Gasteiger partial charge in [-0.2, -0.15) is 0 Å². The number of nitrogens with one attached hydrogen (secondary N) is 1. The lowest BCUT2D eigenvalue weighted by atomic mass is 10.2. The van der Waals surface area contributed by atoms with Crippen molar-refractivity contribution in [2.75, 3.05) is 39.3 Å². The summed E-state index contributed by atoms with van der Waals surface area (Å²) in [6.07, 6.45) is 4.34. The van der Waals surface area contributed by atoms with Crippen LogP contribution in [0.5, 0.6) is 0 Å². The van der Waals surface area contributed by atoms with Gasteiger partial charge in [0.15, 0.2) is 0 Å². The molecule has 3 nitrogen and oxygen atoms in total. The second-order valence-electron chi connectivity index (χ2n) is 4.04. The predicted octanol–water partition coefficient (Wildman–Crippen LogP) is 0.461. The normalized spacial score (nSPS) is 31.8. The second-order valence-corrected chi connectivity index (χ2v) is 4.04. The van der Waals surface area contributed by atoms with Gasteiger partial charge in [0.05, 0.1) is 6.10 Å². The molecule has 2 aliphatic heterocycles. The lowest BCUT2D eigenvalue weighted by Gasteiger charge is -2.22. The van der Waals surface area contributed by atoms with Crippen molar-refractivity contribution in [2.24, 2.45) is 0 Å². The van der Waals surface area contributed by atoms with E-state index in [1.54, 1.807) is 0 Å². The highest BCUT2D eigenvalue weighted by molar-refractivity contribution is 4.73. The highest BCUT2D eigenvalue weighted by Gasteiger charge is 2.19. The lowest BCUT2D eigenvalue weighted by molar-refractivity contribution is 0.0753. The Balaban J connectivity index is 1.71. The molecule has 2 heterocycles. The summed E-state index contributed by atoms with van der Waals surface area (Å²) >= 11 is 0. The Hall–Kier alpha value is -0.120. The van der Waals surface area contributed by atoms with Crippen molar-refractivity contribution < 1.29 is 4.74 Å². The molecule has 0 unspecified atom stereocenters. The van der Waals surface area contributed by atoms with Gasteiger partial charge in [0.25, 0.3) is 0 Å². The second kappa shape index (κ2) is 4.94. The summed E-state index contributed by atoms with van der Waals surface area (Å²) in [5.74, 6) is 0. The first-order valence-corrected chi connectivity index (χ1v) is 5.50. The Morgan fingerprint density at radius 1 is 1.23 bits per heavy atom. The Morgan fingerprint density at radius 3 is 3.08 bits per heavy atom. The Labute approximate surface area is 80.4 Å². The van der Waals surface area contributed by atoms with Crippen LogP contribution in [-0.4, -0.2) is 50.3 Å². The summed E-state index contributed by atoms with van der Waals surface area (Å²) in [6, 6.07) is 0. The number of rotatable bonds is 2. The minimum absolute atomic E-state index is 0.526. The largest absolute Gasteiger partial charge is 0.377 e. The highest BCUT2D eigenvalue weighted by Crippen LogP contribution is 2.13. The predicted molar refractivity (Wildman–Crippen MR) is 52.9 cm³/mol. The van der Waals surface area contributed by atoms with Gasteiger partial charge in [0.2, 0.25) is 0 Å². The third kappa shape index (κ3) is 2.93. The van der Waals surface area contributed by atoms with Crippen LogP contribution in [0.25, 0.3) is 0 Å². The van der Waals surface area contributed by atoms with Crippen LogP contribution in [-0.2, 0) is 4.74 Å². The Bertz CT molecular complexity index is 138. The van der Waals surface area contributed by atoms with Crippen molar-refractivity contribution >= 4 is 0 Å². The molecular formula is C10H20N2O. The standard InChI is InChI=1S/C10H20N2O/c1-3-10(13-8-1)9-12-6-2-4-11-5-7-12/h10-11H,1-9H2/t10-/m0/s1. The van der Waals surface area contributed by atoms with Crippen LogP contribution in [0.1, 0.15) is 19.3 Å². The van der Waals surface area contributed by atoms with Crippen LogP contribution in [0.2, 0.25) is 0 Å². The fourth-order valence-electron chi connectivity index (χ4n) is 2.16. The third-order valence-electron chi connectivity index (χ3n) is 2.92. The molecule has 1 N–H and O–H groups in total. The minimum Gasteiger partial charge on any atom is -0.377 e. The molecule has 0 radical (unpaired) electrons. The van der Waals surface area contributed by atoms with Crippen LogP contribution in [0, 0.1) is 0 Å². The van der Waals surface area contributed by atoms with Gasteiger partial charge in [-0.15, -0.1) is 0 Å². The molecule has 13 heavy (non-hydrogen) atoms. The van der Waals surface area contributed by atoms with Crippen LogP contribution in [0.4, 0.5) is 0 Å². The molecule has 2 aliphatic rings. The first kappa shape index (κ1) is 9.44. The van der Waals surface area contributed by atoms with E-state index in [4.69, 9.17) is 4.74 Å². The zero-order chi connectivity index (χ0) is 8.93. The molecular weight excluding hydrogens is 164 g/mol. The molecule has 0 aromatic rings. The fourth-order valence-corrected chi connectivity index (χ4v) is 2.16. The van der Waals surface area contributed by atoms with Crippen molar-refractivity contribution in [2.45, 2.75) is 25.4 Å². The van der Waals surface area contributed by atoms with E-state index in [0.717, 1.165) is 19.7 Å². The minimum atomic E-state index is 0.526. The van der Waals surface area contributed by atoms with Gasteiger partial charge in [-0.3, -0.25) is 4.90 Å². The molecule has 0 aromatic heterocycles. The number of nitrogens with zero attached hydrogens (tertiary/aromatic N) is 1. The molecule has 0 bridgehead atoms. The van der Waals surface area contributed by atoms with Gasteiger partial charge in [-0.25, -0.2) is 0 Å². The van der Waals surface area contributed by atoms with E-state index in [1.807, 2.05) is 0 Å². The van der Waals surface area contributed by atoms with Crippen LogP contribution in [0.15, 0.2) is 0 Å². The van der Waals surface area contributed by atoms with E-state index in [9.17, 15) is 0 Å². The molecule has 1 atom stereocenters. The summed E-state index contributed by atoms with van der Waals surface area (Å²) in [4.78, 5) is 2.54. The zero-order valence-corrected chi connectivity index (χ0v) is 8.30. The van der Waals surface area contributed by atoms with Crippen molar-refractivity contribution in [3.8, 4) is 0 Å². The topological polar surface area (TPSA) is 24.5 Å². The summed E-state index contributed by atoms with van der Waals surface area (Å²) in [5, 5.41) is 3.42. The van der Waals surface area contributed by atoms with E-state index >= 15 is 0 Å². The maximum atomic E-state index is 5.63. The molecule has 2 fully saturated rings. The maximum Gasteiger partial charge on any atom is 0.0702 e. The smallest absolute Gasteiger partial charge is 0.0702 e. The zero-order valence-electron chi connectivity index (χ0n) is 8.30. The van der Waals surface area contributed by atoms with E-state index in [1.165, 1.54) is 38.9 Å². The van der Waals surface area contributed by atoms with Gasteiger partial charge in [0.1, 0.15) is 0 Å². The number of ether oxygens (including phenoxy) is 1.